The fourth-order valence-corrected chi connectivity index (χ4v) is 3.03. The van der Waals surface area contributed by atoms with Gasteiger partial charge in [-0.2, -0.15) is 5.10 Å². The van der Waals surface area contributed by atoms with Crippen LogP contribution in [0.4, 0.5) is 0 Å². The van der Waals surface area contributed by atoms with Crippen molar-refractivity contribution in [1.82, 2.24) is 9.78 Å². The molecule has 1 saturated carbocycles. The molecule has 0 radical (unpaired) electrons. The molecule has 1 unspecified atom stereocenters. The maximum Gasteiger partial charge on any atom is 0.0995 e. The van der Waals surface area contributed by atoms with Gasteiger partial charge in [0.1, 0.15) is 0 Å². The quantitative estimate of drug-likeness (QED) is 0.909. The van der Waals surface area contributed by atoms with Gasteiger partial charge >= 0.3 is 0 Å². The molecule has 2 rings (SSSR count). The van der Waals surface area contributed by atoms with Crippen molar-refractivity contribution in [2.75, 3.05) is 7.11 Å². The number of aryl methyl sites for hydroxylation is 1. The number of aromatic nitrogens is 2. The summed E-state index contributed by atoms with van der Waals surface area (Å²) in [5.41, 5.74) is 0.734. The fraction of sp³-hybridized carbons (Fsp3) is 0.750. The third-order valence-corrected chi connectivity index (χ3v) is 4.32. The number of halogens is 1. The van der Waals surface area contributed by atoms with Crippen LogP contribution in [0.3, 0.4) is 0 Å². The Morgan fingerprint density at radius 1 is 1.65 bits per heavy atom. The Balaban J connectivity index is 2.13. The Labute approximate surface area is 110 Å². The van der Waals surface area contributed by atoms with Crippen LogP contribution in [0.25, 0.3) is 0 Å². The van der Waals surface area contributed by atoms with Crippen molar-refractivity contribution in [3.05, 3.63) is 16.4 Å². The molecule has 1 aliphatic carbocycles. The smallest absolute Gasteiger partial charge is 0.0995 e. The molecule has 1 fully saturated rings. The van der Waals surface area contributed by atoms with Gasteiger partial charge in [0, 0.05) is 20.1 Å². The number of aliphatic hydroxyl groups excluding tert-OH is 1. The van der Waals surface area contributed by atoms with Crippen LogP contribution in [0.1, 0.15) is 44.4 Å². The number of ether oxygens (including phenoxy) is 1. The third-order valence-electron chi connectivity index (χ3n) is 3.71. The molecular weight excluding hydrogens is 284 g/mol. The number of rotatable bonds is 5. The highest BCUT2D eigenvalue weighted by Crippen LogP contribution is 2.42. The number of hydrogen-bond acceptors (Lipinski definition) is 3. The summed E-state index contributed by atoms with van der Waals surface area (Å²) in [7, 11) is 1.73. The lowest BCUT2D eigenvalue weighted by Crippen LogP contribution is -2.40. The summed E-state index contributed by atoms with van der Waals surface area (Å²) in [6, 6.07) is 0. The zero-order valence-corrected chi connectivity index (χ0v) is 11.9. The maximum atomic E-state index is 10.4. The van der Waals surface area contributed by atoms with Gasteiger partial charge in [0.05, 0.1) is 28.1 Å². The first-order valence-electron chi connectivity index (χ1n) is 6.06. The second-order valence-electron chi connectivity index (χ2n) is 4.65. The van der Waals surface area contributed by atoms with E-state index in [0.29, 0.717) is 6.42 Å². The van der Waals surface area contributed by atoms with Crippen LogP contribution in [-0.4, -0.2) is 27.6 Å². The van der Waals surface area contributed by atoms with E-state index in [1.165, 1.54) is 6.42 Å². The number of hydrogen-bond donors (Lipinski definition) is 1. The average molecular weight is 303 g/mol. The molecule has 0 bridgehead atoms. The zero-order chi connectivity index (χ0) is 12.5. The van der Waals surface area contributed by atoms with E-state index in [2.05, 4.69) is 21.0 Å². The fourth-order valence-electron chi connectivity index (χ4n) is 2.47. The molecule has 4 nitrogen and oxygen atoms in total. The van der Waals surface area contributed by atoms with Crippen LogP contribution in [0, 0.1) is 0 Å². The normalized spacial score (nSPS) is 20.0. The Morgan fingerprint density at radius 2 is 2.35 bits per heavy atom. The predicted octanol–water partition coefficient (Wildman–Crippen LogP) is 2.66. The molecule has 96 valence electrons. The van der Waals surface area contributed by atoms with Gasteiger partial charge in [-0.3, -0.25) is 4.68 Å². The summed E-state index contributed by atoms with van der Waals surface area (Å²) in [6.07, 6.45) is 5.13. The Morgan fingerprint density at radius 3 is 2.82 bits per heavy atom. The highest BCUT2D eigenvalue weighted by Gasteiger charge is 2.40. The van der Waals surface area contributed by atoms with Crippen LogP contribution in [0.15, 0.2) is 10.7 Å². The predicted molar refractivity (Wildman–Crippen MR) is 68.8 cm³/mol. The maximum absolute atomic E-state index is 10.4. The summed E-state index contributed by atoms with van der Waals surface area (Å²) in [4.78, 5) is 0. The van der Waals surface area contributed by atoms with Crippen LogP contribution in [0.5, 0.6) is 0 Å². The van der Waals surface area contributed by atoms with E-state index >= 15 is 0 Å². The molecular formula is C12H19BrN2O2. The molecule has 1 aliphatic rings. The molecule has 0 aromatic carbocycles. The van der Waals surface area contributed by atoms with E-state index in [4.69, 9.17) is 4.74 Å². The van der Waals surface area contributed by atoms with Gasteiger partial charge in [-0.25, -0.2) is 0 Å². The SMILES string of the molecule is CCn1ncc(Br)c1C(O)CC1(OC)CCC1. The molecule has 1 heterocycles. The van der Waals surface area contributed by atoms with Crippen molar-refractivity contribution in [3.63, 3.8) is 0 Å². The lowest BCUT2D eigenvalue weighted by Gasteiger charge is -2.41. The second kappa shape index (κ2) is 5.08. The van der Waals surface area contributed by atoms with Gasteiger partial charge in [-0.05, 0) is 42.1 Å². The van der Waals surface area contributed by atoms with Gasteiger partial charge in [0.15, 0.2) is 0 Å². The molecule has 0 amide bonds. The summed E-state index contributed by atoms with van der Waals surface area (Å²) < 4.78 is 8.25. The van der Waals surface area contributed by atoms with Crippen molar-refractivity contribution < 1.29 is 9.84 Å². The van der Waals surface area contributed by atoms with Crippen molar-refractivity contribution >= 4 is 15.9 Å². The molecule has 1 N–H and O–H groups in total. The van der Waals surface area contributed by atoms with Crippen LogP contribution >= 0.6 is 15.9 Å². The van der Waals surface area contributed by atoms with E-state index in [-0.39, 0.29) is 5.60 Å². The first kappa shape index (κ1) is 13.1. The van der Waals surface area contributed by atoms with E-state index in [9.17, 15) is 5.11 Å². The zero-order valence-electron chi connectivity index (χ0n) is 10.3. The molecule has 17 heavy (non-hydrogen) atoms. The largest absolute Gasteiger partial charge is 0.387 e. The Bertz CT molecular complexity index is 382. The third kappa shape index (κ3) is 2.41. The molecule has 0 spiro atoms. The van der Waals surface area contributed by atoms with Crippen molar-refractivity contribution in [2.45, 2.75) is 50.9 Å². The van der Waals surface area contributed by atoms with Gasteiger partial charge < -0.3 is 9.84 Å². The summed E-state index contributed by atoms with van der Waals surface area (Å²) in [6.45, 7) is 2.78. The van der Waals surface area contributed by atoms with Crippen molar-refractivity contribution in [2.24, 2.45) is 0 Å². The highest BCUT2D eigenvalue weighted by molar-refractivity contribution is 9.10. The average Bonchev–Trinajstić information content (AvgIpc) is 2.64. The van der Waals surface area contributed by atoms with E-state index in [0.717, 1.165) is 29.6 Å². The van der Waals surface area contributed by atoms with Gasteiger partial charge in [0.25, 0.3) is 0 Å². The molecule has 1 aromatic heterocycles. The topological polar surface area (TPSA) is 47.3 Å². The van der Waals surface area contributed by atoms with E-state index in [1.54, 1.807) is 13.3 Å². The first-order valence-corrected chi connectivity index (χ1v) is 6.85. The number of nitrogens with zero attached hydrogens (tertiary/aromatic N) is 2. The number of methoxy groups -OCH3 is 1. The summed E-state index contributed by atoms with van der Waals surface area (Å²) >= 11 is 3.44. The van der Waals surface area contributed by atoms with Crippen molar-refractivity contribution in [1.29, 1.82) is 0 Å². The summed E-state index contributed by atoms with van der Waals surface area (Å²) in [5.74, 6) is 0. The minimum atomic E-state index is -0.521. The van der Waals surface area contributed by atoms with E-state index in [1.807, 2.05) is 11.6 Å². The van der Waals surface area contributed by atoms with Crippen molar-refractivity contribution in [3.8, 4) is 0 Å². The lowest BCUT2D eigenvalue weighted by atomic mass is 9.76. The Hall–Kier alpha value is -0.390. The van der Waals surface area contributed by atoms with Crippen LogP contribution < -0.4 is 0 Å². The van der Waals surface area contributed by atoms with Crippen LogP contribution in [-0.2, 0) is 11.3 Å². The van der Waals surface area contributed by atoms with Gasteiger partial charge in [0.2, 0.25) is 0 Å². The standard InChI is InChI=1S/C12H19BrN2O2/c1-3-15-11(9(13)8-14-15)10(16)7-12(17-2)5-4-6-12/h8,10,16H,3-7H2,1-2H3. The lowest BCUT2D eigenvalue weighted by molar-refractivity contribution is -0.101. The van der Waals surface area contributed by atoms with Gasteiger partial charge in [-0.1, -0.05) is 0 Å². The first-order chi connectivity index (χ1) is 8.12. The van der Waals surface area contributed by atoms with Crippen LogP contribution in [0.2, 0.25) is 0 Å². The minimum absolute atomic E-state index is 0.123. The monoisotopic (exact) mass is 302 g/mol. The second-order valence-corrected chi connectivity index (χ2v) is 5.51. The highest BCUT2D eigenvalue weighted by atomic mass is 79.9. The number of aliphatic hydroxyl groups is 1. The minimum Gasteiger partial charge on any atom is -0.387 e. The molecule has 1 atom stereocenters. The van der Waals surface area contributed by atoms with Gasteiger partial charge in [-0.15, -0.1) is 0 Å². The summed E-state index contributed by atoms with van der Waals surface area (Å²) in [5, 5.41) is 14.6. The molecule has 5 heteroatoms. The Kier molecular flexibility index (Phi) is 3.90. The van der Waals surface area contributed by atoms with E-state index < -0.39 is 6.10 Å². The molecule has 1 aromatic rings. The molecule has 0 aliphatic heterocycles. The molecule has 0 saturated heterocycles.